The van der Waals surface area contributed by atoms with Crippen LogP contribution >= 0.6 is 0 Å². The van der Waals surface area contributed by atoms with Gasteiger partial charge in [-0.3, -0.25) is 4.90 Å². The van der Waals surface area contributed by atoms with Crippen molar-refractivity contribution in [1.29, 1.82) is 0 Å². The van der Waals surface area contributed by atoms with Gasteiger partial charge >= 0.3 is 0 Å². The molecule has 0 radical (unpaired) electrons. The van der Waals surface area contributed by atoms with Crippen molar-refractivity contribution in [1.82, 2.24) is 9.88 Å². The highest BCUT2D eigenvalue weighted by molar-refractivity contribution is 5.67. The van der Waals surface area contributed by atoms with Gasteiger partial charge in [-0.25, -0.2) is 0 Å². The van der Waals surface area contributed by atoms with E-state index < -0.39 is 0 Å². The molecular formula is C16H26N2O. The summed E-state index contributed by atoms with van der Waals surface area (Å²) in [5.74, 6) is 0.895. The number of ether oxygens (including phenoxy) is 1. The van der Waals surface area contributed by atoms with Gasteiger partial charge in [0.25, 0.3) is 0 Å². The number of aromatic nitrogens is 1. The van der Waals surface area contributed by atoms with Gasteiger partial charge in [0.05, 0.1) is 6.61 Å². The Kier molecular flexibility index (Phi) is 5.52. The average Bonchev–Trinajstić information content (AvgIpc) is 2.92. The zero-order chi connectivity index (χ0) is 13.5. The number of nitrogens with zero attached hydrogens (tertiary/aromatic N) is 1. The van der Waals surface area contributed by atoms with Crippen LogP contribution in [0.5, 0.6) is 5.88 Å². The zero-order valence-electron chi connectivity index (χ0n) is 12.2. The molecule has 0 spiro atoms. The zero-order valence-corrected chi connectivity index (χ0v) is 12.2. The number of hydrogen-bond donors (Lipinski definition) is 1. The molecule has 19 heavy (non-hydrogen) atoms. The molecule has 1 aliphatic heterocycles. The molecule has 0 aromatic carbocycles. The van der Waals surface area contributed by atoms with Crippen LogP contribution in [-0.4, -0.2) is 36.1 Å². The minimum Gasteiger partial charge on any atom is -0.479 e. The standard InChI is InChI=1S/C16H26N2O/c1-3-5-8-18-9-6-14(7-10-18)15-12-16(17-13-15)19-11-4-2/h6,12-13,17H,3-5,7-11H2,1-2H3. The molecule has 0 saturated heterocycles. The predicted molar refractivity (Wildman–Crippen MR) is 80.5 cm³/mol. The summed E-state index contributed by atoms with van der Waals surface area (Å²) in [5.41, 5.74) is 2.75. The lowest BCUT2D eigenvalue weighted by Crippen LogP contribution is -2.29. The second kappa shape index (κ2) is 7.39. The fourth-order valence-electron chi connectivity index (χ4n) is 2.41. The highest BCUT2D eigenvalue weighted by Gasteiger charge is 2.13. The smallest absolute Gasteiger partial charge is 0.191 e. The molecule has 3 heteroatoms. The van der Waals surface area contributed by atoms with Crippen LogP contribution in [0.15, 0.2) is 18.3 Å². The molecule has 3 nitrogen and oxygen atoms in total. The second-order valence-electron chi connectivity index (χ2n) is 5.23. The van der Waals surface area contributed by atoms with Gasteiger partial charge in [-0.2, -0.15) is 0 Å². The van der Waals surface area contributed by atoms with Crippen LogP contribution in [0.4, 0.5) is 0 Å². The van der Waals surface area contributed by atoms with E-state index in [0.717, 1.165) is 31.9 Å². The molecule has 2 rings (SSSR count). The molecule has 0 amide bonds. The number of nitrogens with one attached hydrogen (secondary N) is 1. The van der Waals surface area contributed by atoms with E-state index in [0.29, 0.717) is 0 Å². The van der Waals surface area contributed by atoms with Crippen LogP contribution in [0, 0.1) is 0 Å². The third-order valence-corrected chi connectivity index (χ3v) is 3.61. The van der Waals surface area contributed by atoms with E-state index in [1.165, 1.54) is 37.1 Å². The Morgan fingerprint density at radius 3 is 2.89 bits per heavy atom. The molecule has 1 aromatic rings. The highest BCUT2D eigenvalue weighted by Crippen LogP contribution is 2.25. The van der Waals surface area contributed by atoms with Crippen molar-refractivity contribution < 1.29 is 4.74 Å². The molecule has 0 saturated carbocycles. The number of unbranched alkanes of at least 4 members (excludes halogenated alkanes) is 1. The Balaban J connectivity index is 1.88. The third kappa shape index (κ3) is 4.13. The fraction of sp³-hybridized carbons (Fsp3) is 0.625. The van der Waals surface area contributed by atoms with E-state index in [1.54, 1.807) is 0 Å². The van der Waals surface area contributed by atoms with Crippen molar-refractivity contribution in [3.63, 3.8) is 0 Å². The Morgan fingerprint density at radius 1 is 1.32 bits per heavy atom. The van der Waals surface area contributed by atoms with Gasteiger partial charge in [-0.15, -0.1) is 0 Å². The number of aromatic amines is 1. The SMILES string of the molecule is CCCCN1CC=C(c2c[nH]c(OCCC)c2)CC1. The molecule has 1 aromatic heterocycles. The normalized spacial score (nSPS) is 16.4. The van der Waals surface area contributed by atoms with Crippen molar-refractivity contribution in [3.05, 3.63) is 23.9 Å². The summed E-state index contributed by atoms with van der Waals surface area (Å²) in [6.07, 6.45) is 9.22. The maximum Gasteiger partial charge on any atom is 0.191 e. The quantitative estimate of drug-likeness (QED) is 0.811. The Labute approximate surface area is 116 Å². The first kappa shape index (κ1) is 14.2. The van der Waals surface area contributed by atoms with Crippen LogP contribution in [0.25, 0.3) is 5.57 Å². The first-order valence-electron chi connectivity index (χ1n) is 7.56. The predicted octanol–water partition coefficient (Wildman–Crippen LogP) is 3.69. The van der Waals surface area contributed by atoms with E-state index in [1.807, 2.05) is 0 Å². The minimum absolute atomic E-state index is 0.782. The lowest BCUT2D eigenvalue weighted by Gasteiger charge is -2.25. The lowest BCUT2D eigenvalue weighted by atomic mass is 10.0. The maximum atomic E-state index is 5.61. The highest BCUT2D eigenvalue weighted by atomic mass is 16.5. The molecule has 0 fully saturated rings. The van der Waals surface area contributed by atoms with Crippen molar-refractivity contribution in [2.75, 3.05) is 26.2 Å². The van der Waals surface area contributed by atoms with Crippen LogP contribution in [0.3, 0.4) is 0 Å². The minimum atomic E-state index is 0.782. The van der Waals surface area contributed by atoms with E-state index in [4.69, 9.17) is 4.74 Å². The van der Waals surface area contributed by atoms with Crippen molar-refractivity contribution in [2.24, 2.45) is 0 Å². The van der Waals surface area contributed by atoms with Gasteiger partial charge in [0.2, 0.25) is 0 Å². The van der Waals surface area contributed by atoms with Crippen molar-refractivity contribution in [2.45, 2.75) is 39.5 Å². The average molecular weight is 262 g/mol. The van der Waals surface area contributed by atoms with Gasteiger partial charge in [-0.1, -0.05) is 26.3 Å². The Morgan fingerprint density at radius 2 is 2.21 bits per heavy atom. The molecule has 1 aliphatic rings. The van der Waals surface area contributed by atoms with E-state index in [9.17, 15) is 0 Å². The topological polar surface area (TPSA) is 28.3 Å². The summed E-state index contributed by atoms with van der Waals surface area (Å²) in [5, 5.41) is 0. The molecule has 0 atom stereocenters. The fourth-order valence-corrected chi connectivity index (χ4v) is 2.41. The summed E-state index contributed by atoms with van der Waals surface area (Å²) < 4.78 is 5.61. The van der Waals surface area contributed by atoms with Gasteiger partial charge in [0, 0.05) is 25.4 Å². The number of H-pyrrole nitrogens is 1. The molecule has 0 aliphatic carbocycles. The molecule has 0 unspecified atom stereocenters. The number of rotatable bonds is 7. The molecule has 2 heterocycles. The first-order chi connectivity index (χ1) is 9.33. The van der Waals surface area contributed by atoms with Crippen molar-refractivity contribution >= 4 is 5.57 Å². The van der Waals surface area contributed by atoms with Crippen LogP contribution in [0.1, 0.15) is 45.1 Å². The molecular weight excluding hydrogens is 236 g/mol. The van der Waals surface area contributed by atoms with Crippen LogP contribution < -0.4 is 4.74 Å². The van der Waals surface area contributed by atoms with Gasteiger partial charge in [0.1, 0.15) is 0 Å². The second-order valence-corrected chi connectivity index (χ2v) is 5.23. The van der Waals surface area contributed by atoms with E-state index >= 15 is 0 Å². The van der Waals surface area contributed by atoms with Crippen molar-refractivity contribution in [3.8, 4) is 5.88 Å². The summed E-state index contributed by atoms with van der Waals surface area (Å²) in [6, 6.07) is 2.13. The Bertz CT molecular complexity index is 409. The largest absolute Gasteiger partial charge is 0.479 e. The first-order valence-corrected chi connectivity index (χ1v) is 7.56. The lowest BCUT2D eigenvalue weighted by molar-refractivity contribution is 0.297. The van der Waals surface area contributed by atoms with Crippen LogP contribution in [-0.2, 0) is 0 Å². The summed E-state index contributed by atoms with van der Waals surface area (Å²) >= 11 is 0. The third-order valence-electron chi connectivity index (χ3n) is 3.61. The van der Waals surface area contributed by atoms with Gasteiger partial charge in [-0.05, 0) is 36.9 Å². The van der Waals surface area contributed by atoms with Gasteiger partial charge in [0.15, 0.2) is 5.88 Å². The summed E-state index contributed by atoms with van der Waals surface area (Å²) in [7, 11) is 0. The summed E-state index contributed by atoms with van der Waals surface area (Å²) in [6.45, 7) is 8.66. The molecule has 1 N–H and O–H groups in total. The van der Waals surface area contributed by atoms with Crippen LogP contribution in [0.2, 0.25) is 0 Å². The maximum absolute atomic E-state index is 5.61. The molecule has 0 bridgehead atoms. The van der Waals surface area contributed by atoms with Gasteiger partial charge < -0.3 is 9.72 Å². The van der Waals surface area contributed by atoms with E-state index in [-0.39, 0.29) is 0 Å². The Hall–Kier alpha value is -1.22. The molecule has 106 valence electrons. The summed E-state index contributed by atoms with van der Waals surface area (Å²) in [4.78, 5) is 5.74. The number of hydrogen-bond acceptors (Lipinski definition) is 2. The monoisotopic (exact) mass is 262 g/mol. The van der Waals surface area contributed by atoms with E-state index in [2.05, 4.69) is 42.1 Å².